The van der Waals surface area contributed by atoms with Gasteiger partial charge in [0.1, 0.15) is 0 Å². The molecule has 0 unspecified atom stereocenters. The van der Waals surface area contributed by atoms with Crippen LogP contribution in [0, 0.1) is 0 Å². The van der Waals surface area contributed by atoms with E-state index >= 15 is 0 Å². The summed E-state index contributed by atoms with van der Waals surface area (Å²) in [5.74, 6) is -0.0841. The summed E-state index contributed by atoms with van der Waals surface area (Å²) in [6.45, 7) is 4.24. The second-order valence-electron chi connectivity index (χ2n) is 8.22. The van der Waals surface area contributed by atoms with E-state index in [1.807, 2.05) is 59.5 Å². The summed E-state index contributed by atoms with van der Waals surface area (Å²) in [5, 5.41) is 4.21. The van der Waals surface area contributed by atoms with Crippen LogP contribution in [0.15, 0.2) is 60.0 Å². The van der Waals surface area contributed by atoms with Crippen molar-refractivity contribution in [1.82, 2.24) is 9.21 Å². The van der Waals surface area contributed by atoms with E-state index in [-0.39, 0.29) is 12.5 Å². The van der Waals surface area contributed by atoms with Crippen LogP contribution >= 0.6 is 0 Å². The number of piperazine rings is 1. The summed E-state index contributed by atoms with van der Waals surface area (Å²) in [5.41, 5.74) is 2.82. The molecule has 4 rings (SSSR count). The Hall–Kier alpha value is -2.68. The van der Waals surface area contributed by atoms with E-state index in [0.29, 0.717) is 26.2 Å². The zero-order valence-electron chi connectivity index (χ0n) is 18.2. The Morgan fingerprint density at radius 3 is 2.19 bits per heavy atom. The lowest BCUT2D eigenvalue weighted by Gasteiger charge is -2.32. The van der Waals surface area contributed by atoms with E-state index in [1.165, 1.54) is 28.2 Å². The van der Waals surface area contributed by atoms with Gasteiger partial charge < -0.3 is 10.2 Å². The maximum absolute atomic E-state index is 12.6. The number of amides is 1. The first-order valence-electron chi connectivity index (χ1n) is 11.1. The molecule has 1 N–H and O–H groups in total. The largest absolute Gasteiger partial charge is 0.372 e. The quantitative estimate of drug-likeness (QED) is 0.697. The first-order chi connectivity index (χ1) is 15.5. The van der Waals surface area contributed by atoms with Crippen LogP contribution < -0.4 is 10.2 Å². The van der Waals surface area contributed by atoms with Gasteiger partial charge in [-0.15, -0.1) is 0 Å². The van der Waals surface area contributed by atoms with E-state index in [1.54, 1.807) is 6.08 Å². The van der Waals surface area contributed by atoms with Crippen molar-refractivity contribution in [1.29, 1.82) is 0 Å². The zero-order chi connectivity index (χ0) is 22.4. The highest BCUT2D eigenvalue weighted by molar-refractivity contribution is 7.92. The van der Waals surface area contributed by atoms with Gasteiger partial charge in [-0.2, -0.15) is 4.31 Å². The molecule has 2 aromatic rings. The van der Waals surface area contributed by atoms with Gasteiger partial charge in [0.25, 0.3) is 0 Å². The SMILES string of the molecule is O=C(CN1CCN(S(=O)(=O)C=Cc2ccccc2)CC1)Nc1ccc(N2CCCC2)cc1. The van der Waals surface area contributed by atoms with E-state index in [2.05, 4.69) is 10.2 Å². The van der Waals surface area contributed by atoms with Crippen molar-refractivity contribution < 1.29 is 13.2 Å². The van der Waals surface area contributed by atoms with Gasteiger partial charge in [-0.3, -0.25) is 9.69 Å². The van der Waals surface area contributed by atoms with Crippen LogP contribution in [0.5, 0.6) is 0 Å². The number of nitrogens with zero attached hydrogens (tertiary/aromatic N) is 3. The number of nitrogens with one attached hydrogen (secondary N) is 1. The summed E-state index contributed by atoms with van der Waals surface area (Å²) in [6.07, 6.45) is 4.08. The third kappa shape index (κ3) is 5.97. The highest BCUT2D eigenvalue weighted by Crippen LogP contribution is 2.22. The minimum Gasteiger partial charge on any atom is -0.372 e. The number of anilines is 2. The molecule has 2 aromatic carbocycles. The average Bonchev–Trinajstić information content (AvgIpc) is 3.34. The molecular weight excluding hydrogens is 424 g/mol. The summed E-state index contributed by atoms with van der Waals surface area (Å²) < 4.78 is 26.6. The van der Waals surface area contributed by atoms with E-state index in [9.17, 15) is 13.2 Å². The number of sulfonamides is 1. The first-order valence-corrected chi connectivity index (χ1v) is 12.6. The molecule has 0 saturated carbocycles. The molecular formula is C24H30N4O3S. The summed E-state index contributed by atoms with van der Waals surface area (Å²) >= 11 is 0. The molecule has 2 aliphatic rings. The van der Waals surface area contributed by atoms with Gasteiger partial charge in [0.2, 0.25) is 15.9 Å². The Morgan fingerprint density at radius 1 is 0.875 bits per heavy atom. The van der Waals surface area contributed by atoms with Crippen molar-refractivity contribution in [2.24, 2.45) is 0 Å². The number of hydrogen-bond donors (Lipinski definition) is 1. The smallest absolute Gasteiger partial charge is 0.238 e. The average molecular weight is 455 g/mol. The Kier molecular flexibility index (Phi) is 7.24. The van der Waals surface area contributed by atoms with Crippen LogP contribution in [0.1, 0.15) is 18.4 Å². The molecule has 0 aromatic heterocycles. The van der Waals surface area contributed by atoms with Crippen molar-refractivity contribution in [2.45, 2.75) is 12.8 Å². The van der Waals surface area contributed by atoms with Crippen molar-refractivity contribution in [3.8, 4) is 0 Å². The third-order valence-corrected chi connectivity index (χ3v) is 7.48. The Balaban J connectivity index is 1.23. The molecule has 2 aliphatic heterocycles. The summed E-state index contributed by atoms with van der Waals surface area (Å²) in [7, 11) is -3.47. The Labute approximate surface area is 190 Å². The monoisotopic (exact) mass is 454 g/mol. The minimum absolute atomic E-state index is 0.0841. The molecule has 7 nitrogen and oxygen atoms in total. The standard InChI is InChI=1S/C24H30N4O3S/c29-24(25-22-8-10-23(11-9-22)27-13-4-5-14-27)20-26-15-17-28(18-16-26)32(30,31)19-12-21-6-2-1-3-7-21/h1-3,6-12,19H,4-5,13-18,20H2,(H,25,29). The molecule has 0 spiro atoms. The maximum atomic E-state index is 12.6. The Morgan fingerprint density at radius 2 is 1.53 bits per heavy atom. The number of hydrogen-bond acceptors (Lipinski definition) is 5. The predicted molar refractivity (Wildman–Crippen MR) is 129 cm³/mol. The lowest BCUT2D eigenvalue weighted by molar-refractivity contribution is -0.117. The fourth-order valence-electron chi connectivity index (χ4n) is 4.09. The van der Waals surface area contributed by atoms with Crippen molar-refractivity contribution >= 4 is 33.4 Å². The molecule has 2 fully saturated rings. The van der Waals surface area contributed by atoms with E-state index < -0.39 is 10.0 Å². The highest BCUT2D eigenvalue weighted by Gasteiger charge is 2.26. The van der Waals surface area contributed by atoms with Gasteiger partial charge in [-0.25, -0.2) is 8.42 Å². The molecule has 2 saturated heterocycles. The molecule has 0 aliphatic carbocycles. The van der Waals surface area contributed by atoms with Gasteiger partial charge in [0.15, 0.2) is 0 Å². The second-order valence-corrected chi connectivity index (χ2v) is 10.0. The number of rotatable bonds is 7. The van der Waals surface area contributed by atoms with Gasteiger partial charge in [-0.05, 0) is 48.7 Å². The van der Waals surface area contributed by atoms with Gasteiger partial charge in [0.05, 0.1) is 6.54 Å². The van der Waals surface area contributed by atoms with E-state index in [4.69, 9.17) is 0 Å². The maximum Gasteiger partial charge on any atom is 0.238 e. The summed E-state index contributed by atoms with van der Waals surface area (Å²) in [6, 6.07) is 17.3. The lowest BCUT2D eigenvalue weighted by atomic mass is 10.2. The molecule has 0 radical (unpaired) electrons. The topological polar surface area (TPSA) is 73.0 Å². The van der Waals surface area contributed by atoms with Crippen molar-refractivity contribution in [2.75, 3.05) is 56.0 Å². The third-order valence-electron chi connectivity index (χ3n) is 5.91. The number of carbonyl (C=O) groups excluding carboxylic acids is 1. The molecule has 0 bridgehead atoms. The van der Waals surface area contributed by atoms with Gasteiger partial charge >= 0.3 is 0 Å². The van der Waals surface area contributed by atoms with Crippen LogP contribution in [-0.2, 0) is 14.8 Å². The van der Waals surface area contributed by atoms with Gasteiger partial charge in [0, 0.05) is 56.1 Å². The molecule has 0 atom stereocenters. The molecule has 8 heteroatoms. The number of benzene rings is 2. The van der Waals surface area contributed by atoms with E-state index in [0.717, 1.165) is 24.3 Å². The van der Waals surface area contributed by atoms with Crippen LogP contribution in [0.3, 0.4) is 0 Å². The molecule has 1 amide bonds. The normalized spacial score (nSPS) is 18.3. The lowest BCUT2D eigenvalue weighted by Crippen LogP contribution is -2.49. The minimum atomic E-state index is -3.47. The van der Waals surface area contributed by atoms with Crippen LogP contribution in [0.2, 0.25) is 0 Å². The molecule has 32 heavy (non-hydrogen) atoms. The van der Waals surface area contributed by atoms with Crippen LogP contribution in [-0.4, -0.2) is 69.3 Å². The van der Waals surface area contributed by atoms with Crippen molar-refractivity contribution in [3.05, 3.63) is 65.6 Å². The number of carbonyl (C=O) groups is 1. The molecule has 2 heterocycles. The zero-order valence-corrected chi connectivity index (χ0v) is 19.0. The van der Waals surface area contributed by atoms with Crippen LogP contribution in [0.4, 0.5) is 11.4 Å². The Bertz CT molecular complexity index is 1020. The van der Waals surface area contributed by atoms with Crippen molar-refractivity contribution in [3.63, 3.8) is 0 Å². The predicted octanol–water partition coefficient (Wildman–Crippen LogP) is 2.84. The fraction of sp³-hybridized carbons (Fsp3) is 0.375. The fourth-order valence-corrected chi connectivity index (χ4v) is 5.26. The highest BCUT2D eigenvalue weighted by atomic mass is 32.2. The summed E-state index contributed by atoms with van der Waals surface area (Å²) in [4.78, 5) is 16.8. The second kappa shape index (κ2) is 10.3. The first kappa shape index (κ1) is 22.5. The van der Waals surface area contributed by atoms with Crippen LogP contribution in [0.25, 0.3) is 6.08 Å². The van der Waals surface area contributed by atoms with Gasteiger partial charge in [-0.1, -0.05) is 30.3 Å². The molecule has 170 valence electrons.